The molecule has 0 aliphatic carbocycles. The Hall–Kier alpha value is -3.42. The maximum Gasteiger partial charge on any atom is 0.412 e. The van der Waals surface area contributed by atoms with Crippen LogP contribution in [0.5, 0.6) is 0 Å². The van der Waals surface area contributed by atoms with Gasteiger partial charge in [-0.25, -0.2) is 9.18 Å². The molecule has 29 heavy (non-hydrogen) atoms. The second-order valence-corrected chi connectivity index (χ2v) is 7.42. The molecule has 0 bridgehead atoms. The Morgan fingerprint density at radius 3 is 2.17 bits per heavy atom. The summed E-state index contributed by atoms with van der Waals surface area (Å²) in [5.74, 6) is -1.14. The molecule has 3 N–H and O–H groups in total. The van der Waals surface area contributed by atoms with E-state index in [9.17, 15) is 18.8 Å². The Labute approximate surface area is 168 Å². The molecule has 0 spiro atoms. The van der Waals surface area contributed by atoms with Gasteiger partial charge in [0.2, 0.25) is 11.8 Å². The van der Waals surface area contributed by atoms with Crippen molar-refractivity contribution in [3.05, 3.63) is 53.8 Å². The van der Waals surface area contributed by atoms with Gasteiger partial charge in [-0.2, -0.15) is 0 Å². The van der Waals surface area contributed by atoms with Crippen LogP contribution in [-0.2, 0) is 20.7 Å². The van der Waals surface area contributed by atoms with Crippen LogP contribution >= 0.6 is 0 Å². The lowest BCUT2D eigenvalue weighted by atomic mass is 10.1. The minimum atomic E-state index is -0.715. The van der Waals surface area contributed by atoms with Gasteiger partial charge in [-0.15, -0.1) is 0 Å². The number of amides is 3. The first-order chi connectivity index (χ1) is 13.5. The summed E-state index contributed by atoms with van der Waals surface area (Å²) in [4.78, 5) is 35.4. The number of benzene rings is 2. The molecule has 0 aliphatic rings. The molecule has 0 heterocycles. The molecule has 2 rings (SSSR count). The minimum Gasteiger partial charge on any atom is -0.444 e. The van der Waals surface area contributed by atoms with Crippen LogP contribution in [0.3, 0.4) is 0 Å². The van der Waals surface area contributed by atoms with E-state index in [0.717, 1.165) is 6.07 Å². The first-order valence-corrected chi connectivity index (χ1v) is 8.98. The number of hydrogen-bond donors (Lipinski definition) is 3. The van der Waals surface area contributed by atoms with E-state index in [4.69, 9.17) is 4.74 Å². The van der Waals surface area contributed by atoms with E-state index < -0.39 is 23.4 Å². The maximum atomic E-state index is 13.7. The first kappa shape index (κ1) is 21.9. The van der Waals surface area contributed by atoms with Crippen LogP contribution in [0.1, 0.15) is 33.3 Å². The van der Waals surface area contributed by atoms with Gasteiger partial charge in [0.1, 0.15) is 11.4 Å². The highest BCUT2D eigenvalue weighted by molar-refractivity contribution is 5.98. The van der Waals surface area contributed by atoms with Gasteiger partial charge in [0.15, 0.2) is 0 Å². The van der Waals surface area contributed by atoms with Crippen LogP contribution in [0.25, 0.3) is 0 Å². The third-order valence-corrected chi connectivity index (χ3v) is 3.53. The number of nitrogens with one attached hydrogen (secondary N) is 3. The summed E-state index contributed by atoms with van der Waals surface area (Å²) in [6.45, 7) is 6.56. The monoisotopic (exact) mass is 401 g/mol. The summed E-state index contributed by atoms with van der Waals surface area (Å²) in [7, 11) is 0. The molecular weight excluding hydrogens is 377 g/mol. The second kappa shape index (κ2) is 9.18. The van der Waals surface area contributed by atoms with Crippen LogP contribution in [0.4, 0.5) is 26.2 Å². The van der Waals surface area contributed by atoms with Gasteiger partial charge in [-0.3, -0.25) is 14.9 Å². The zero-order chi connectivity index (χ0) is 21.6. The highest BCUT2D eigenvalue weighted by Crippen LogP contribution is 2.24. The van der Waals surface area contributed by atoms with Crippen molar-refractivity contribution in [2.75, 3.05) is 16.0 Å². The van der Waals surface area contributed by atoms with Crippen molar-refractivity contribution in [3.63, 3.8) is 0 Å². The number of ether oxygens (including phenoxy) is 1. The molecule has 0 unspecified atom stereocenters. The topological polar surface area (TPSA) is 96.5 Å². The Bertz CT molecular complexity index is 905. The summed E-state index contributed by atoms with van der Waals surface area (Å²) >= 11 is 0. The lowest BCUT2D eigenvalue weighted by Crippen LogP contribution is -2.27. The summed E-state index contributed by atoms with van der Waals surface area (Å²) in [6, 6.07) is 10.4. The lowest BCUT2D eigenvalue weighted by Gasteiger charge is -2.20. The molecule has 2 aromatic carbocycles. The van der Waals surface area contributed by atoms with Crippen molar-refractivity contribution in [2.45, 2.75) is 39.7 Å². The maximum absolute atomic E-state index is 13.7. The number of halogens is 1. The Morgan fingerprint density at radius 2 is 1.59 bits per heavy atom. The smallest absolute Gasteiger partial charge is 0.412 e. The van der Waals surface area contributed by atoms with Crippen molar-refractivity contribution in [3.8, 4) is 0 Å². The molecule has 0 atom stereocenters. The van der Waals surface area contributed by atoms with Gasteiger partial charge in [0.25, 0.3) is 0 Å². The van der Waals surface area contributed by atoms with Crippen LogP contribution in [0, 0.1) is 5.82 Å². The van der Waals surface area contributed by atoms with Gasteiger partial charge in [0, 0.05) is 12.6 Å². The molecule has 0 saturated heterocycles. The van der Waals surface area contributed by atoms with Gasteiger partial charge in [-0.1, -0.05) is 12.1 Å². The van der Waals surface area contributed by atoms with Crippen LogP contribution < -0.4 is 16.0 Å². The van der Waals surface area contributed by atoms with Gasteiger partial charge < -0.3 is 15.4 Å². The van der Waals surface area contributed by atoms with Crippen molar-refractivity contribution in [1.29, 1.82) is 0 Å². The average Bonchev–Trinajstić information content (AvgIpc) is 2.57. The third kappa shape index (κ3) is 7.61. The molecule has 7 nitrogen and oxygen atoms in total. The molecule has 8 heteroatoms. The number of hydrogen-bond acceptors (Lipinski definition) is 4. The highest BCUT2D eigenvalue weighted by Gasteiger charge is 2.18. The van der Waals surface area contributed by atoms with Gasteiger partial charge >= 0.3 is 6.09 Å². The van der Waals surface area contributed by atoms with E-state index in [1.165, 1.54) is 19.1 Å². The van der Waals surface area contributed by atoms with E-state index in [-0.39, 0.29) is 23.7 Å². The first-order valence-electron chi connectivity index (χ1n) is 8.98. The van der Waals surface area contributed by atoms with Crippen LogP contribution in [0.15, 0.2) is 42.5 Å². The fraction of sp³-hybridized carbons (Fsp3) is 0.286. The molecule has 0 radical (unpaired) electrons. The molecule has 2 aromatic rings. The fourth-order valence-corrected chi connectivity index (χ4v) is 2.43. The molecule has 154 valence electrons. The third-order valence-electron chi connectivity index (χ3n) is 3.53. The summed E-state index contributed by atoms with van der Waals surface area (Å²) in [6.07, 6.45) is -0.684. The lowest BCUT2D eigenvalue weighted by molar-refractivity contribution is -0.116. The van der Waals surface area contributed by atoms with E-state index in [2.05, 4.69) is 16.0 Å². The van der Waals surface area contributed by atoms with E-state index in [1.807, 2.05) is 0 Å². The standard InChI is InChI=1S/C21H24FN3O4/c1-13(26)23-16-8-5-14(6-9-16)11-19(27)24-18-12-15(22)7-10-17(18)25-20(28)29-21(2,3)4/h5-10,12H,11H2,1-4H3,(H,23,26)(H,24,27)(H,25,28). The zero-order valence-corrected chi connectivity index (χ0v) is 16.8. The minimum absolute atomic E-state index is 0.0305. The van der Waals surface area contributed by atoms with Crippen molar-refractivity contribution < 1.29 is 23.5 Å². The summed E-state index contributed by atoms with van der Waals surface area (Å²) < 4.78 is 18.8. The summed E-state index contributed by atoms with van der Waals surface area (Å²) in [5.41, 5.74) is 0.965. The van der Waals surface area contributed by atoms with Gasteiger partial charge in [-0.05, 0) is 56.7 Å². The van der Waals surface area contributed by atoms with E-state index >= 15 is 0 Å². The average molecular weight is 401 g/mol. The number of carbonyl (C=O) groups is 3. The van der Waals surface area contributed by atoms with Crippen molar-refractivity contribution >= 4 is 35.0 Å². The number of carbonyl (C=O) groups excluding carboxylic acids is 3. The molecule has 3 amide bonds. The summed E-state index contributed by atoms with van der Waals surface area (Å²) in [5, 5.41) is 7.74. The Kier molecular flexibility index (Phi) is 6.93. The van der Waals surface area contributed by atoms with E-state index in [0.29, 0.717) is 11.3 Å². The molecular formula is C21H24FN3O4. The van der Waals surface area contributed by atoms with Crippen LogP contribution in [-0.4, -0.2) is 23.5 Å². The van der Waals surface area contributed by atoms with Crippen molar-refractivity contribution in [2.24, 2.45) is 0 Å². The highest BCUT2D eigenvalue weighted by atomic mass is 19.1. The van der Waals surface area contributed by atoms with Crippen LogP contribution in [0.2, 0.25) is 0 Å². The molecule has 0 aliphatic heterocycles. The largest absolute Gasteiger partial charge is 0.444 e. The Morgan fingerprint density at radius 1 is 0.931 bits per heavy atom. The second-order valence-electron chi connectivity index (χ2n) is 7.42. The zero-order valence-electron chi connectivity index (χ0n) is 16.8. The molecule has 0 fully saturated rings. The predicted molar refractivity (Wildman–Crippen MR) is 109 cm³/mol. The number of rotatable bonds is 5. The van der Waals surface area contributed by atoms with Gasteiger partial charge in [0.05, 0.1) is 17.8 Å². The Balaban J connectivity index is 2.06. The van der Waals surface area contributed by atoms with E-state index in [1.54, 1.807) is 45.0 Å². The normalized spacial score (nSPS) is 10.8. The number of anilines is 3. The SMILES string of the molecule is CC(=O)Nc1ccc(CC(=O)Nc2cc(F)ccc2NC(=O)OC(C)(C)C)cc1. The molecule has 0 saturated carbocycles. The van der Waals surface area contributed by atoms with Crippen molar-refractivity contribution in [1.82, 2.24) is 0 Å². The predicted octanol–water partition coefficient (Wildman–Crippen LogP) is 4.31. The molecule has 0 aromatic heterocycles. The fourth-order valence-electron chi connectivity index (χ4n) is 2.43. The quantitative estimate of drug-likeness (QED) is 0.695.